The summed E-state index contributed by atoms with van der Waals surface area (Å²) >= 11 is 5.33. The van der Waals surface area contributed by atoms with E-state index in [-0.39, 0.29) is 24.0 Å². The fourth-order valence-electron chi connectivity index (χ4n) is 4.22. The van der Waals surface area contributed by atoms with Crippen LogP contribution in [-0.4, -0.2) is 4.98 Å². The standard InChI is InChI=1S/C27H25BrN3S.HI/c1-3-4-10-22-15-19(16-26-29-27-25(32-26)17-20(28)18-30(27)2)23-13-8-9-14-24(23)31(22)21-11-6-5-7-12-21;/h5-9,11-18H,3-4,10H2,1-2H3;1H/q+1;/p-1. The van der Waals surface area contributed by atoms with Gasteiger partial charge < -0.3 is 28.9 Å². The summed E-state index contributed by atoms with van der Waals surface area (Å²) in [5.41, 5.74) is 7.24. The zero-order valence-corrected chi connectivity index (χ0v) is 23.2. The van der Waals surface area contributed by atoms with E-state index in [0.717, 1.165) is 28.0 Å². The number of nitrogens with zero attached hydrogens (tertiary/aromatic N) is 3. The summed E-state index contributed by atoms with van der Waals surface area (Å²) in [6, 6.07) is 21.5. The molecule has 1 aliphatic heterocycles. The summed E-state index contributed by atoms with van der Waals surface area (Å²) < 4.78 is 4.32. The molecule has 0 spiro atoms. The lowest BCUT2D eigenvalue weighted by Gasteiger charge is -2.34. The average molecular weight is 630 g/mol. The highest BCUT2D eigenvalue weighted by Gasteiger charge is 2.24. The molecule has 2 aromatic carbocycles. The summed E-state index contributed by atoms with van der Waals surface area (Å²) in [4.78, 5) is 7.34. The molecule has 2 aromatic heterocycles. The van der Waals surface area contributed by atoms with E-state index in [0.29, 0.717) is 0 Å². The third-order valence-electron chi connectivity index (χ3n) is 5.72. The van der Waals surface area contributed by atoms with Crippen LogP contribution in [0.4, 0.5) is 11.4 Å². The van der Waals surface area contributed by atoms with Crippen LogP contribution >= 0.6 is 27.3 Å². The van der Waals surface area contributed by atoms with Crippen LogP contribution in [0.1, 0.15) is 36.8 Å². The molecule has 0 atom stereocenters. The van der Waals surface area contributed by atoms with Gasteiger partial charge in [-0.25, -0.2) is 4.57 Å². The van der Waals surface area contributed by atoms with Gasteiger partial charge in [0.2, 0.25) is 5.01 Å². The van der Waals surface area contributed by atoms with Crippen LogP contribution in [0.5, 0.6) is 0 Å². The highest BCUT2D eigenvalue weighted by Crippen LogP contribution is 2.43. The van der Waals surface area contributed by atoms with Crippen molar-refractivity contribution in [3.05, 3.63) is 93.7 Å². The van der Waals surface area contributed by atoms with Crippen LogP contribution in [0, 0.1) is 0 Å². The van der Waals surface area contributed by atoms with Crippen molar-refractivity contribution in [2.45, 2.75) is 26.2 Å². The maximum absolute atomic E-state index is 4.93. The van der Waals surface area contributed by atoms with E-state index < -0.39 is 0 Å². The molecule has 0 unspecified atom stereocenters. The second-order valence-corrected chi connectivity index (χ2v) is 10.0. The zero-order chi connectivity index (χ0) is 22.1. The molecular formula is C27H25BrIN3S. The predicted octanol–water partition coefficient (Wildman–Crippen LogP) is 4.65. The molecule has 0 saturated carbocycles. The van der Waals surface area contributed by atoms with Crippen LogP contribution < -0.4 is 33.4 Å². The van der Waals surface area contributed by atoms with Crippen LogP contribution in [0.25, 0.3) is 22.0 Å². The highest BCUT2D eigenvalue weighted by molar-refractivity contribution is 9.10. The molecule has 33 heavy (non-hydrogen) atoms. The summed E-state index contributed by atoms with van der Waals surface area (Å²) in [7, 11) is 2.04. The second kappa shape index (κ2) is 10.5. The molecule has 1 aliphatic rings. The Balaban J connectivity index is 0.00000259. The minimum absolute atomic E-state index is 0. The lowest BCUT2D eigenvalue weighted by Crippen LogP contribution is -3.00. The molecule has 4 aromatic rings. The maximum atomic E-state index is 4.93. The Labute approximate surface area is 224 Å². The number of pyridine rings is 1. The molecule has 0 fully saturated rings. The Morgan fingerprint density at radius 2 is 1.85 bits per heavy atom. The van der Waals surface area contributed by atoms with E-state index in [2.05, 4.69) is 111 Å². The van der Waals surface area contributed by atoms with E-state index in [1.54, 1.807) is 11.3 Å². The van der Waals surface area contributed by atoms with Crippen molar-refractivity contribution >= 4 is 60.6 Å². The highest BCUT2D eigenvalue weighted by atomic mass is 127. The quantitative estimate of drug-likeness (QED) is 0.237. The number of aryl methyl sites for hydroxylation is 1. The van der Waals surface area contributed by atoms with Gasteiger partial charge >= 0.3 is 5.65 Å². The van der Waals surface area contributed by atoms with Gasteiger partial charge in [0.15, 0.2) is 0 Å². The first-order chi connectivity index (χ1) is 15.6. The smallest absolute Gasteiger partial charge is 0.342 e. The molecule has 0 radical (unpaired) electrons. The molecule has 5 rings (SSSR count). The van der Waals surface area contributed by atoms with Crippen molar-refractivity contribution in [1.82, 2.24) is 4.98 Å². The number of unbranched alkanes of at least 4 members (excludes halogenated alkanes) is 1. The average Bonchev–Trinajstić information content (AvgIpc) is 3.21. The van der Waals surface area contributed by atoms with E-state index in [1.807, 2.05) is 7.05 Å². The van der Waals surface area contributed by atoms with E-state index >= 15 is 0 Å². The molecular weight excluding hydrogens is 605 g/mol. The number of fused-ring (bicyclic) bond motifs is 2. The molecule has 168 valence electrons. The van der Waals surface area contributed by atoms with Crippen molar-refractivity contribution in [1.29, 1.82) is 0 Å². The van der Waals surface area contributed by atoms with Gasteiger partial charge in [-0.15, -0.1) is 0 Å². The van der Waals surface area contributed by atoms with Crippen LogP contribution in [0.2, 0.25) is 0 Å². The number of hydrogen-bond donors (Lipinski definition) is 0. The summed E-state index contributed by atoms with van der Waals surface area (Å²) in [6.07, 6.45) is 10.0. The Kier molecular flexibility index (Phi) is 7.66. The molecule has 0 N–H and O–H groups in total. The van der Waals surface area contributed by atoms with Crippen LogP contribution in [0.15, 0.2) is 83.1 Å². The van der Waals surface area contributed by atoms with Crippen molar-refractivity contribution in [3.63, 3.8) is 0 Å². The van der Waals surface area contributed by atoms with Gasteiger partial charge in [0.1, 0.15) is 10.9 Å². The van der Waals surface area contributed by atoms with Gasteiger partial charge in [0.05, 0.1) is 17.2 Å². The summed E-state index contributed by atoms with van der Waals surface area (Å²) in [5, 5.41) is 1.03. The van der Waals surface area contributed by atoms with Gasteiger partial charge in [-0.2, -0.15) is 0 Å². The first-order valence-corrected chi connectivity index (χ1v) is 12.6. The van der Waals surface area contributed by atoms with Gasteiger partial charge in [0, 0.05) is 23.0 Å². The predicted molar refractivity (Wildman–Crippen MR) is 139 cm³/mol. The van der Waals surface area contributed by atoms with Crippen LogP contribution in [0.3, 0.4) is 0 Å². The SMILES string of the molecule is CCCCC1=C/C(=C\c2nc3c(cc(Br)c[n+]3C)s2)c2ccccc2N1c1ccccc1.[I-]. The number of rotatable bonds is 5. The fraction of sp³-hybridized carbons (Fsp3) is 0.185. The Morgan fingerprint density at radius 3 is 2.64 bits per heavy atom. The number of hydrogen-bond acceptors (Lipinski definition) is 3. The Bertz CT molecular complexity index is 1340. The number of anilines is 2. The fourth-order valence-corrected chi connectivity index (χ4v) is 5.92. The largest absolute Gasteiger partial charge is 1.00 e. The first-order valence-electron chi connectivity index (χ1n) is 11.0. The molecule has 0 aliphatic carbocycles. The van der Waals surface area contributed by atoms with Crippen molar-refractivity contribution in [3.8, 4) is 0 Å². The third kappa shape index (κ3) is 4.93. The topological polar surface area (TPSA) is 20.0 Å². The van der Waals surface area contributed by atoms with Crippen LogP contribution in [-0.2, 0) is 7.05 Å². The summed E-state index contributed by atoms with van der Waals surface area (Å²) in [5.74, 6) is 0. The molecule has 0 saturated heterocycles. The lowest BCUT2D eigenvalue weighted by atomic mass is 9.94. The van der Waals surface area contributed by atoms with Crippen molar-refractivity contribution < 1.29 is 28.5 Å². The van der Waals surface area contributed by atoms with E-state index in [1.165, 1.54) is 39.3 Å². The number of allylic oxidation sites excluding steroid dienone is 3. The van der Waals surface area contributed by atoms with Gasteiger partial charge in [0.25, 0.3) is 0 Å². The molecule has 0 bridgehead atoms. The van der Waals surface area contributed by atoms with Crippen molar-refractivity contribution in [2.24, 2.45) is 7.05 Å². The monoisotopic (exact) mass is 629 g/mol. The maximum Gasteiger partial charge on any atom is 0.342 e. The zero-order valence-electron chi connectivity index (χ0n) is 18.6. The van der Waals surface area contributed by atoms with E-state index in [9.17, 15) is 0 Å². The number of benzene rings is 2. The molecule has 3 heterocycles. The number of halogens is 2. The number of para-hydroxylation sites is 2. The summed E-state index contributed by atoms with van der Waals surface area (Å²) in [6.45, 7) is 2.25. The van der Waals surface area contributed by atoms with E-state index in [4.69, 9.17) is 4.98 Å². The molecule has 3 nitrogen and oxygen atoms in total. The number of thiazole rings is 1. The lowest BCUT2D eigenvalue weighted by molar-refractivity contribution is -0.647. The number of aromatic nitrogens is 2. The van der Waals surface area contributed by atoms with Gasteiger partial charge in [-0.3, -0.25) is 0 Å². The van der Waals surface area contributed by atoms with Gasteiger partial charge in [-0.05, 0) is 69.7 Å². The van der Waals surface area contributed by atoms with Crippen molar-refractivity contribution in [2.75, 3.05) is 4.90 Å². The Hall–Kier alpha value is -2.03. The molecule has 6 heteroatoms. The molecule has 0 amide bonds. The third-order valence-corrected chi connectivity index (χ3v) is 7.09. The second-order valence-electron chi connectivity index (χ2n) is 8.04. The Morgan fingerprint density at radius 1 is 1.09 bits per heavy atom. The minimum atomic E-state index is 0. The first kappa shape index (κ1) is 24.1. The van der Waals surface area contributed by atoms with Gasteiger partial charge in [-0.1, -0.05) is 61.1 Å². The normalized spacial score (nSPS) is 14.2. The minimum Gasteiger partial charge on any atom is -1.00 e.